The molecule has 0 fully saturated rings. The number of aliphatic hydroxyl groups excluding tert-OH is 1. The Labute approximate surface area is 123 Å². The van der Waals surface area contributed by atoms with Crippen molar-refractivity contribution in [2.45, 2.75) is 19.4 Å². The zero-order valence-electron chi connectivity index (χ0n) is 11.8. The second-order valence-electron chi connectivity index (χ2n) is 5.00. The van der Waals surface area contributed by atoms with Crippen LogP contribution in [0.3, 0.4) is 0 Å². The highest BCUT2D eigenvalue weighted by Crippen LogP contribution is 2.13. The van der Waals surface area contributed by atoms with Gasteiger partial charge in [-0.05, 0) is 24.1 Å². The molecular formula is C17H18FNO2. The number of benzene rings is 2. The standard InChI is InChI=1S/C17H18FNO2/c1-12-6-8-13(9-7-12)16(20)11-19-17(21)10-14-4-2-3-5-15(14)18/h2-9,16,20H,10-11H2,1H3,(H,19,21)/t16-/m1/s1. The van der Waals surface area contributed by atoms with Gasteiger partial charge in [0.2, 0.25) is 5.91 Å². The highest BCUT2D eigenvalue weighted by atomic mass is 19.1. The first-order valence-electron chi connectivity index (χ1n) is 6.81. The molecule has 3 nitrogen and oxygen atoms in total. The lowest BCUT2D eigenvalue weighted by molar-refractivity contribution is -0.120. The molecular weight excluding hydrogens is 269 g/mol. The molecule has 2 rings (SSSR count). The fourth-order valence-corrected chi connectivity index (χ4v) is 1.99. The Balaban J connectivity index is 1.86. The molecule has 21 heavy (non-hydrogen) atoms. The summed E-state index contributed by atoms with van der Waals surface area (Å²) in [4.78, 5) is 11.8. The molecule has 0 bridgehead atoms. The number of halogens is 1. The van der Waals surface area contributed by atoms with Gasteiger partial charge in [0.25, 0.3) is 0 Å². The molecule has 1 atom stereocenters. The van der Waals surface area contributed by atoms with Gasteiger partial charge in [0.05, 0.1) is 12.5 Å². The van der Waals surface area contributed by atoms with E-state index >= 15 is 0 Å². The molecule has 1 amide bonds. The van der Waals surface area contributed by atoms with Crippen LogP contribution in [0.2, 0.25) is 0 Å². The lowest BCUT2D eigenvalue weighted by Crippen LogP contribution is -2.29. The number of aliphatic hydroxyl groups is 1. The van der Waals surface area contributed by atoms with Crippen LogP contribution in [0.15, 0.2) is 48.5 Å². The second kappa shape index (κ2) is 6.99. The average Bonchev–Trinajstić information content (AvgIpc) is 2.48. The van der Waals surface area contributed by atoms with E-state index in [1.165, 1.54) is 6.07 Å². The number of rotatable bonds is 5. The van der Waals surface area contributed by atoms with E-state index in [1.54, 1.807) is 18.2 Å². The third-order valence-corrected chi connectivity index (χ3v) is 3.26. The molecule has 0 spiro atoms. The Morgan fingerprint density at radius 1 is 1.19 bits per heavy atom. The van der Waals surface area contributed by atoms with Gasteiger partial charge < -0.3 is 10.4 Å². The molecule has 0 aliphatic rings. The summed E-state index contributed by atoms with van der Waals surface area (Å²) in [6.45, 7) is 2.07. The summed E-state index contributed by atoms with van der Waals surface area (Å²) < 4.78 is 13.4. The van der Waals surface area contributed by atoms with Gasteiger partial charge in [0, 0.05) is 6.54 Å². The summed E-state index contributed by atoms with van der Waals surface area (Å²) >= 11 is 0. The van der Waals surface area contributed by atoms with E-state index in [0.29, 0.717) is 5.56 Å². The molecule has 0 saturated carbocycles. The van der Waals surface area contributed by atoms with Crippen molar-refractivity contribution in [1.82, 2.24) is 5.32 Å². The third-order valence-electron chi connectivity index (χ3n) is 3.26. The Kier molecular flexibility index (Phi) is 5.06. The number of aryl methyl sites for hydroxylation is 1. The topological polar surface area (TPSA) is 49.3 Å². The Morgan fingerprint density at radius 3 is 2.52 bits per heavy atom. The summed E-state index contributed by atoms with van der Waals surface area (Å²) in [6.07, 6.45) is -0.803. The number of hydrogen-bond donors (Lipinski definition) is 2. The smallest absolute Gasteiger partial charge is 0.224 e. The van der Waals surface area contributed by atoms with Crippen LogP contribution in [0.1, 0.15) is 22.8 Å². The minimum Gasteiger partial charge on any atom is -0.387 e. The highest BCUT2D eigenvalue weighted by molar-refractivity contribution is 5.78. The van der Waals surface area contributed by atoms with Gasteiger partial charge in [-0.25, -0.2) is 4.39 Å². The molecule has 0 heterocycles. The normalized spacial score (nSPS) is 12.0. The van der Waals surface area contributed by atoms with Crippen LogP contribution < -0.4 is 5.32 Å². The van der Waals surface area contributed by atoms with Crippen molar-refractivity contribution in [3.8, 4) is 0 Å². The van der Waals surface area contributed by atoms with E-state index < -0.39 is 11.9 Å². The summed E-state index contributed by atoms with van der Waals surface area (Å²) in [7, 11) is 0. The predicted molar refractivity (Wildman–Crippen MR) is 79.3 cm³/mol. The van der Waals surface area contributed by atoms with Crippen molar-refractivity contribution in [1.29, 1.82) is 0 Å². The van der Waals surface area contributed by atoms with E-state index in [-0.39, 0.29) is 18.9 Å². The summed E-state index contributed by atoms with van der Waals surface area (Å²) in [5, 5.41) is 12.6. The first-order chi connectivity index (χ1) is 10.1. The van der Waals surface area contributed by atoms with Gasteiger partial charge in [-0.2, -0.15) is 0 Å². The minimum absolute atomic E-state index is 0.0344. The molecule has 2 aromatic carbocycles. The molecule has 2 N–H and O–H groups in total. The third kappa shape index (κ3) is 4.39. The maximum atomic E-state index is 13.4. The minimum atomic E-state index is -0.768. The fraction of sp³-hybridized carbons (Fsp3) is 0.235. The van der Waals surface area contributed by atoms with E-state index in [2.05, 4.69) is 5.32 Å². The van der Waals surface area contributed by atoms with Crippen LogP contribution in [0.25, 0.3) is 0 Å². The van der Waals surface area contributed by atoms with Crippen LogP contribution in [0.5, 0.6) is 0 Å². The molecule has 0 aliphatic heterocycles. The van der Waals surface area contributed by atoms with Crippen LogP contribution in [0.4, 0.5) is 4.39 Å². The lowest BCUT2D eigenvalue weighted by atomic mass is 10.1. The molecule has 0 unspecified atom stereocenters. The SMILES string of the molecule is Cc1ccc([C@H](O)CNC(=O)Cc2ccccc2F)cc1. The van der Waals surface area contributed by atoms with Crippen molar-refractivity contribution in [3.63, 3.8) is 0 Å². The van der Waals surface area contributed by atoms with Crippen molar-refractivity contribution in [2.24, 2.45) is 0 Å². The maximum absolute atomic E-state index is 13.4. The molecule has 4 heteroatoms. The summed E-state index contributed by atoms with van der Waals surface area (Å²) in [5.74, 6) is -0.710. The first kappa shape index (κ1) is 15.2. The first-order valence-corrected chi connectivity index (χ1v) is 6.81. The largest absolute Gasteiger partial charge is 0.387 e. The maximum Gasteiger partial charge on any atom is 0.224 e. The van der Waals surface area contributed by atoms with Crippen molar-refractivity contribution >= 4 is 5.91 Å². The van der Waals surface area contributed by atoms with Gasteiger partial charge in [0.1, 0.15) is 5.82 Å². The molecule has 0 saturated heterocycles. The number of carbonyl (C=O) groups excluding carboxylic acids is 1. The summed E-state index contributed by atoms with van der Waals surface area (Å²) in [5.41, 5.74) is 2.20. The molecule has 0 aliphatic carbocycles. The monoisotopic (exact) mass is 287 g/mol. The van der Waals surface area contributed by atoms with Gasteiger partial charge >= 0.3 is 0 Å². The zero-order chi connectivity index (χ0) is 15.2. The van der Waals surface area contributed by atoms with Gasteiger partial charge in [-0.3, -0.25) is 4.79 Å². The van der Waals surface area contributed by atoms with Crippen molar-refractivity contribution < 1.29 is 14.3 Å². The average molecular weight is 287 g/mol. The predicted octanol–water partition coefficient (Wildman–Crippen LogP) is 2.53. The summed E-state index contributed by atoms with van der Waals surface area (Å²) in [6, 6.07) is 13.6. The fourth-order valence-electron chi connectivity index (χ4n) is 1.99. The highest BCUT2D eigenvalue weighted by Gasteiger charge is 2.11. The second-order valence-corrected chi connectivity index (χ2v) is 5.00. The molecule has 110 valence electrons. The number of carbonyl (C=O) groups is 1. The van der Waals surface area contributed by atoms with E-state index in [9.17, 15) is 14.3 Å². The Morgan fingerprint density at radius 2 is 1.86 bits per heavy atom. The zero-order valence-corrected chi connectivity index (χ0v) is 11.8. The number of hydrogen-bond acceptors (Lipinski definition) is 2. The van der Waals surface area contributed by atoms with E-state index in [4.69, 9.17) is 0 Å². The molecule has 2 aromatic rings. The van der Waals surface area contributed by atoms with E-state index in [1.807, 2.05) is 31.2 Å². The molecule has 0 radical (unpaired) electrons. The van der Waals surface area contributed by atoms with Crippen molar-refractivity contribution in [3.05, 3.63) is 71.0 Å². The van der Waals surface area contributed by atoms with Gasteiger partial charge in [0.15, 0.2) is 0 Å². The van der Waals surface area contributed by atoms with Crippen LogP contribution in [-0.4, -0.2) is 17.6 Å². The van der Waals surface area contributed by atoms with Gasteiger partial charge in [-0.15, -0.1) is 0 Å². The van der Waals surface area contributed by atoms with Crippen LogP contribution in [0, 0.1) is 12.7 Å². The Bertz CT molecular complexity index is 610. The van der Waals surface area contributed by atoms with E-state index in [0.717, 1.165) is 11.1 Å². The lowest BCUT2D eigenvalue weighted by Gasteiger charge is -2.12. The van der Waals surface area contributed by atoms with Crippen molar-refractivity contribution in [2.75, 3.05) is 6.54 Å². The number of nitrogens with one attached hydrogen (secondary N) is 1. The number of amides is 1. The molecule has 0 aromatic heterocycles. The van der Waals surface area contributed by atoms with Crippen LogP contribution in [-0.2, 0) is 11.2 Å². The van der Waals surface area contributed by atoms with Gasteiger partial charge in [-0.1, -0.05) is 48.0 Å². The Hall–Kier alpha value is -2.20. The quantitative estimate of drug-likeness (QED) is 0.888. The van der Waals surface area contributed by atoms with Crippen LogP contribution >= 0.6 is 0 Å².